The molecule has 0 N–H and O–H groups in total. The number of hydrogen-bond donors (Lipinski definition) is 0. The summed E-state index contributed by atoms with van der Waals surface area (Å²) in [4.78, 5) is 31.7. The zero-order valence-corrected chi connectivity index (χ0v) is 23.4. The van der Waals surface area contributed by atoms with Crippen LogP contribution in [-0.4, -0.2) is 30.9 Å². The van der Waals surface area contributed by atoms with Gasteiger partial charge in [0.25, 0.3) is 5.56 Å². The molecule has 0 amide bonds. The number of benzene rings is 1. The van der Waals surface area contributed by atoms with Crippen LogP contribution < -0.4 is 24.4 Å². The minimum Gasteiger partial charge on any atom is -0.493 e. The highest BCUT2D eigenvalue weighted by Crippen LogP contribution is 2.36. The van der Waals surface area contributed by atoms with Gasteiger partial charge in [-0.15, -0.1) is 0 Å². The number of carbonyl (C=O) groups excluding carboxylic acids is 1. The molecule has 0 radical (unpaired) electrons. The van der Waals surface area contributed by atoms with Gasteiger partial charge < -0.3 is 18.6 Å². The quantitative estimate of drug-likeness (QED) is 0.363. The summed E-state index contributed by atoms with van der Waals surface area (Å²) in [5.74, 6) is 1.03. The summed E-state index contributed by atoms with van der Waals surface area (Å²) in [5, 5.41) is 0. The van der Waals surface area contributed by atoms with E-state index in [1.165, 1.54) is 15.9 Å². The van der Waals surface area contributed by atoms with Gasteiger partial charge in [0.2, 0.25) is 0 Å². The summed E-state index contributed by atoms with van der Waals surface area (Å²) in [6.45, 7) is 5.97. The second-order valence-electron chi connectivity index (χ2n) is 7.42. The number of hydrogen-bond acceptors (Lipinski definition) is 8. The fourth-order valence-corrected chi connectivity index (χ4v) is 5.44. The van der Waals surface area contributed by atoms with E-state index in [9.17, 15) is 9.59 Å². The average molecular weight is 626 g/mol. The summed E-state index contributed by atoms with van der Waals surface area (Å²) in [6.07, 6.45) is 1.65. The number of allylic oxidation sites excluding steroid dienone is 1. The van der Waals surface area contributed by atoms with Gasteiger partial charge >= 0.3 is 5.97 Å². The summed E-state index contributed by atoms with van der Waals surface area (Å²) in [7, 11) is 1.56. The number of carbonyl (C=O) groups is 1. The molecule has 184 valence electrons. The molecule has 35 heavy (non-hydrogen) atoms. The molecule has 4 rings (SSSR count). The van der Waals surface area contributed by atoms with Crippen molar-refractivity contribution in [2.45, 2.75) is 26.8 Å². The van der Waals surface area contributed by atoms with E-state index in [4.69, 9.17) is 18.6 Å². The Balaban J connectivity index is 1.96. The van der Waals surface area contributed by atoms with E-state index in [1.807, 2.05) is 13.0 Å². The van der Waals surface area contributed by atoms with E-state index in [0.717, 1.165) is 4.47 Å². The zero-order valence-electron chi connectivity index (χ0n) is 19.4. The molecule has 0 saturated carbocycles. The molecule has 11 heteroatoms. The van der Waals surface area contributed by atoms with Crippen molar-refractivity contribution in [3.8, 4) is 11.5 Å². The van der Waals surface area contributed by atoms with Crippen LogP contribution >= 0.6 is 43.2 Å². The smallest absolute Gasteiger partial charge is 0.338 e. The summed E-state index contributed by atoms with van der Waals surface area (Å²) in [6, 6.07) is 6.34. The number of rotatable bonds is 7. The number of nitrogens with zero attached hydrogens (tertiary/aromatic N) is 2. The monoisotopic (exact) mass is 624 g/mol. The molecule has 0 unspecified atom stereocenters. The topological polar surface area (TPSA) is 92.3 Å². The van der Waals surface area contributed by atoms with E-state index in [1.54, 1.807) is 45.2 Å². The van der Waals surface area contributed by atoms with Crippen LogP contribution in [0.1, 0.15) is 38.1 Å². The minimum atomic E-state index is -0.757. The molecule has 0 aliphatic carbocycles. The van der Waals surface area contributed by atoms with Crippen LogP contribution in [0.5, 0.6) is 11.5 Å². The standard InChI is InChI=1S/C24H22Br2N2O6S/c1-5-32-17-9-13(7-8-16(17)31-4)20-19(23(30)33-6-2)12(3)27-24-28(20)22(29)18(35-24)11-14-10-15(25)21(26)34-14/h7-11,20H,5-6H2,1-4H3/b18-11+/t20-/m0/s1. The van der Waals surface area contributed by atoms with Gasteiger partial charge in [-0.1, -0.05) is 17.4 Å². The summed E-state index contributed by atoms with van der Waals surface area (Å²) >= 11 is 7.91. The number of thiazole rings is 1. The summed E-state index contributed by atoms with van der Waals surface area (Å²) in [5.41, 5.74) is 1.15. The third kappa shape index (κ3) is 4.89. The maximum absolute atomic E-state index is 13.6. The van der Waals surface area contributed by atoms with Crippen molar-refractivity contribution in [1.82, 2.24) is 4.57 Å². The van der Waals surface area contributed by atoms with Crippen molar-refractivity contribution in [3.05, 3.63) is 75.7 Å². The van der Waals surface area contributed by atoms with Crippen molar-refractivity contribution in [2.75, 3.05) is 20.3 Å². The van der Waals surface area contributed by atoms with Gasteiger partial charge in [0, 0.05) is 6.08 Å². The number of furan rings is 1. The van der Waals surface area contributed by atoms with Gasteiger partial charge in [-0.05, 0) is 76.4 Å². The molecule has 1 aliphatic heterocycles. The first-order valence-corrected chi connectivity index (χ1v) is 13.1. The van der Waals surface area contributed by atoms with Crippen LogP contribution in [0.4, 0.5) is 0 Å². The Hall–Kier alpha value is -2.63. The van der Waals surface area contributed by atoms with Crippen LogP contribution in [-0.2, 0) is 9.53 Å². The fourth-order valence-electron chi connectivity index (χ4n) is 3.80. The second-order valence-corrected chi connectivity index (χ2v) is 10.00. The van der Waals surface area contributed by atoms with Crippen molar-refractivity contribution in [3.63, 3.8) is 0 Å². The molecule has 3 heterocycles. The normalized spacial score (nSPS) is 15.6. The van der Waals surface area contributed by atoms with Crippen LogP contribution in [0.15, 0.2) is 58.9 Å². The van der Waals surface area contributed by atoms with Crippen molar-refractivity contribution in [2.24, 2.45) is 4.99 Å². The van der Waals surface area contributed by atoms with E-state index in [-0.39, 0.29) is 12.2 Å². The van der Waals surface area contributed by atoms with Gasteiger partial charge in [0.05, 0.1) is 46.6 Å². The molecule has 0 bridgehead atoms. The Labute approximate surface area is 221 Å². The molecule has 0 saturated heterocycles. The van der Waals surface area contributed by atoms with Gasteiger partial charge in [0.1, 0.15) is 5.76 Å². The van der Waals surface area contributed by atoms with Gasteiger partial charge in [-0.2, -0.15) is 0 Å². The van der Waals surface area contributed by atoms with Crippen LogP contribution in [0.25, 0.3) is 6.08 Å². The summed E-state index contributed by atoms with van der Waals surface area (Å²) < 4.78 is 25.3. The Morgan fingerprint density at radius 2 is 2.00 bits per heavy atom. The molecular weight excluding hydrogens is 604 g/mol. The zero-order chi connectivity index (χ0) is 25.3. The Kier molecular flexibility index (Phi) is 7.67. The Morgan fingerprint density at radius 1 is 1.23 bits per heavy atom. The maximum Gasteiger partial charge on any atom is 0.338 e. The maximum atomic E-state index is 13.6. The van der Waals surface area contributed by atoms with E-state index < -0.39 is 12.0 Å². The largest absolute Gasteiger partial charge is 0.493 e. The first kappa shape index (κ1) is 25.5. The molecule has 1 aliphatic rings. The van der Waals surface area contributed by atoms with Crippen molar-refractivity contribution < 1.29 is 23.4 Å². The number of esters is 1. The predicted octanol–water partition coefficient (Wildman–Crippen LogP) is 4.32. The number of methoxy groups -OCH3 is 1. The Bertz CT molecular complexity index is 1480. The van der Waals surface area contributed by atoms with Crippen LogP contribution in [0.2, 0.25) is 0 Å². The van der Waals surface area contributed by atoms with Crippen molar-refractivity contribution >= 4 is 55.2 Å². The predicted molar refractivity (Wildman–Crippen MR) is 139 cm³/mol. The van der Waals surface area contributed by atoms with Gasteiger partial charge in [-0.3, -0.25) is 9.36 Å². The number of fused-ring (bicyclic) bond motifs is 1. The van der Waals surface area contributed by atoms with Gasteiger partial charge in [-0.25, -0.2) is 9.79 Å². The highest BCUT2D eigenvalue weighted by Gasteiger charge is 2.34. The molecule has 8 nitrogen and oxygen atoms in total. The molecule has 2 aromatic heterocycles. The average Bonchev–Trinajstić information content (AvgIpc) is 3.30. The third-order valence-corrected chi connectivity index (χ3v) is 7.95. The number of ether oxygens (including phenoxy) is 3. The second kappa shape index (κ2) is 10.5. The van der Waals surface area contributed by atoms with E-state index in [0.29, 0.717) is 54.7 Å². The van der Waals surface area contributed by atoms with Crippen molar-refractivity contribution in [1.29, 1.82) is 0 Å². The highest BCUT2D eigenvalue weighted by atomic mass is 79.9. The molecule has 1 aromatic carbocycles. The number of aromatic nitrogens is 1. The molecule has 1 atom stereocenters. The first-order valence-electron chi connectivity index (χ1n) is 10.7. The van der Waals surface area contributed by atoms with E-state index in [2.05, 4.69) is 36.9 Å². The number of halogens is 2. The lowest BCUT2D eigenvalue weighted by molar-refractivity contribution is -0.139. The molecule has 0 fully saturated rings. The lowest BCUT2D eigenvalue weighted by Gasteiger charge is -2.25. The van der Waals surface area contributed by atoms with Crippen LogP contribution in [0.3, 0.4) is 0 Å². The molecular formula is C24H22Br2N2O6S. The lowest BCUT2D eigenvalue weighted by atomic mass is 9.95. The lowest BCUT2D eigenvalue weighted by Crippen LogP contribution is -2.39. The Morgan fingerprint density at radius 3 is 2.63 bits per heavy atom. The first-order chi connectivity index (χ1) is 16.8. The third-order valence-electron chi connectivity index (χ3n) is 5.26. The molecule has 3 aromatic rings. The highest BCUT2D eigenvalue weighted by molar-refractivity contribution is 9.13. The SMILES string of the molecule is CCOC(=O)C1=C(C)N=c2s/c(=C/c3cc(Br)c(Br)o3)c(=O)n2[C@H]1c1ccc(OC)c(OCC)c1. The van der Waals surface area contributed by atoms with Crippen LogP contribution in [0, 0.1) is 0 Å². The van der Waals surface area contributed by atoms with Gasteiger partial charge in [0.15, 0.2) is 21.0 Å². The van der Waals surface area contributed by atoms with E-state index >= 15 is 0 Å². The minimum absolute atomic E-state index is 0.196. The fraction of sp³-hybridized carbons (Fsp3) is 0.292. The molecule has 0 spiro atoms.